The number of aryl methyl sites for hydroxylation is 1. The van der Waals surface area contributed by atoms with Gasteiger partial charge in [0.15, 0.2) is 0 Å². The van der Waals surface area contributed by atoms with E-state index < -0.39 is 5.54 Å². The highest BCUT2D eigenvalue weighted by atomic mass is 16.5. The molecule has 2 N–H and O–H groups in total. The smallest absolute Gasteiger partial charge is 0.346 e. The van der Waals surface area contributed by atoms with Crippen molar-refractivity contribution in [2.24, 2.45) is 10.7 Å². The molecule has 0 saturated heterocycles. The SMILES string of the molecule is COCCN1C(=O)N=C(N)C12CCc1ccc(OC)cc12. The van der Waals surface area contributed by atoms with E-state index in [2.05, 4.69) is 4.99 Å². The van der Waals surface area contributed by atoms with Gasteiger partial charge >= 0.3 is 6.03 Å². The van der Waals surface area contributed by atoms with Crippen LogP contribution in [0.15, 0.2) is 23.2 Å². The first-order valence-electron chi connectivity index (χ1n) is 6.96. The molecule has 1 aliphatic heterocycles. The summed E-state index contributed by atoms with van der Waals surface area (Å²) in [5, 5.41) is 0. The van der Waals surface area contributed by atoms with Crippen LogP contribution in [0.5, 0.6) is 5.75 Å². The number of hydrogen-bond acceptors (Lipinski definition) is 4. The third-order valence-electron chi connectivity index (χ3n) is 4.37. The molecule has 1 aliphatic carbocycles. The molecule has 6 nitrogen and oxygen atoms in total. The predicted octanol–water partition coefficient (Wildman–Crippen LogP) is 1.28. The van der Waals surface area contributed by atoms with Crippen LogP contribution in [0.25, 0.3) is 0 Å². The molecule has 0 radical (unpaired) electrons. The van der Waals surface area contributed by atoms with Gasteiger partial charge in [0.2, 0.25) is 0 Å². The Balaban J connectivity index is 2.08. The fraction of sp³-hybridized carbons (Fsp3) is 0.467. The largest absolute Gasteiger partial charge is 0.497 e. The summed E-state index contributed by atoms with van der Waals surface area (Å²) in [6.45, 7) is 0.922. The molecule has 0 fully saturated rings. The van der Waals surface area contributed by atoms with E-state index in [0.29, 0.717) is 19.0 Å². The van der Waals surface area contributed by atoms with E-state index in [4.69, 9.17) is 15.2 Å². The van der Waals surface area contributed by atoms with Crippen molar-refractivity contribution in [2.75, 3.05) is 27.4 Å². The number of benzene rings is 1. The molecular weight excluding hydrogens is 270 g/mol. The molecule has 2 aliphatic rings. The standard InChI is InChI=1S/C15H19N3O3/c1-20-8-7-18-14(19)17-13(16)15(18)6-5-10-3-4-11(21-2)9-12(10)15/h3-4,9H,5-8H2,1-2H3,(H2,16,17,19). The number of hydrogen-bond donors (Lipinski definition) is 1. The Labute approximate surface area is 123 Å². The number of amides is 2. The van der Waals surface area contributed by atoms with Gasteiger partial charge in [-0.2, -0.15) is 4.99 Å². The number of urea groups is 1. The van der Waals surface area contributed by atoms with Crippen molar-refractivity contribution >= 4 is 11.9 Å². The van der Waals surface area contributed by atoms with E-state index in [-0.39, 0.29) is 6.03 Å². The van der Waals surface area contributed by atoms with Gasteiger partial charge < -0.3 is 20.1 Å². The first-order valence-corrected chi connectivity index (χ1v) is 6.96. The first-order chi connectivity index (χ1) is 10.1. The van der Waals surface area contributed by atoms with Gasteiger partial charge in [-0.3, -0.25) is 0 Å². The second kappa shape index (κ2) is 5.04. The summed E-state index contributed by atoms with van der Waals surface area (Å²) in [6.07, 6.45) is 1.62. The molecule has 1 spiro atoms. The van der Waals surface area contributed by atoms with E-state index in [1.165, 1.54) is 5.56 Å². The van der Waals surface area contributed by atoms with Gasteiger partial charge in [-0.15, -0.1) is 0 Å². The Kier molecular flexibility index (Phi) is 3.33. The summed E-state index contributed by atoms with van der Waals surface area (Å²) in [6, 6.07) is 5.64. The van der Waals surface area contributed by atoms with E-state index >= 15 is 0 Å². The Morgan fingerprint density at radius 3 is 2.95 bits per heavy atom. The van der Waals surface area contributed by atoms with Crippen LogP contribution in [-0.4, -0.2) is 44.1 Å². The minimum Gasteiger partial charge on any atom is -0.497 e. The van der Waals surface area contributed by atoms with E-state index in [1.54, 1.807) is 19.1 Å². The molecule has 21 heavy (non-hydrogen) atoms. The van der Waals surface area contributed by atoms with Gasteiger partial charge in [0.25, 0.3) is 0 Å². The van der Waals surface area contributed by atoms with Crippen molar-refractivity contribution < 1.29 is 14.3 Å². The van der Waals surface area contributed by atoms with Gasteiger partial charge in [-0.1, -0.05) is 6.07 Å². The van der Waals surface area contributed by atoms with Crippen LogP contribution in [-0.2, 0) is 16.7 Å². The van der Waals surface area contributed by atoms with Crippen LogP contribution in [0, 0.1) is 0 Å². The maximum absolute atomic E-state index is 12.2. The fourth-order valence-electron chi connectivity index (χ4n) is 3.31. The number of carbonyl (C=O) groups is 1. The van der Waals surface area contributed by atoms with Crippen molar-refractivity contribution in [3.8, 4) is 5.75 Å². The molecule has 3 rings (SSSR count). The van der Waals surface area contributed by atoms with Crippen molar-refractivity contribution in [1.29, 1.82) is 0 Å². The molecule has 1 aromatic carbocycles. The lowest BCUT2D eigenvalue weighted by Crippen LogP contribution is -2.51. The van der Waals surface area contributed by atoms with Crippen LogP contribution < -0.4 is 10.5 Å². The normalized spacial score (nSPS) is 23.6. The number of amidine groups is 1. The predicted molar refractivity (Wildman–Crippen MR) is 78.6 cm³/mol. The Morgan fingerprint density at radius 1 is 1.43 bits per heavy atom. The highest BCUT2D eigenvalue weighted by Crippen LogP contribution is 2.46. The first kappa shape index (κ1) is 13.9. The highest BCUT2D eigenvalue weighted by Gasteiger charge is 2.53. The average molecular weight is 289 g/mol. The zero-order chi connectivity index (χ0) is 15.0. The van der Waals surface area contributed by atoms with Gasteiger partial charge in [0.1, 0.15) is 17.1 Å². The zero-order valence-corrected chi connectivity index (χ0v) is 12.3. The van der Waals surface area contributed by atoms with Crippen molar-refractivity contribution in [2.45, 2.75) is 18.4 Å². The summed E-state index contributed by atoms with van der Waals surface area (Å²) in [5.74, 6) is 1.13. The third-order valence-corrected chi connectivity index (χ3v) is 4.37. The lowest BCUT2D eigenvalue weighted by atomic mass is 9.89. The van der Waals surface area contributed by atoms with Gasteiger partial charge in [-0.05, 0) is 36.1 Å². The molecule has 0 saturated carbocycles. The van der Waals surface area contributed by atoms with Gasteiger partial charge in [-0.25, -0.2) is 4.79 Å². The molecule has 1 atom stereocenters. The summed E-state index contributed by atoms with van der Waals surface area (Å²) in [7, 11) is 3.24. The van der Waals surface area contributed by atoms with Crippen molar-refractivity contribution in [1.82, 2.24) is 4.90 Å². The summed E-state index contributed by atoms with van der Waals surface area (Å²) >= 11 is 0. The molecule has 2 amide bonds. The number of ether oxygens (including phenoxy) is 2. The van der Waals surface area contributed by atoms with Crippen molar-refractivity contribution in [3.05, 3.63) is 29.3 Å². The topological polar surface area (TPSA) is 77.2 Å². The molecule has 6 heteroatoms. The average Bonchev–Trinajstić information content (AvgIpc) is 2.97. The monoisotopic (exact) mass is 289 g/mol. The minimum atomic E-state index is -0.639. The Morgan fingerprint density at radius 2 is 2.24 bits per heavy atom. The minimum absolute atomic E-state index is 0.291. The van der Waals surface area contributed by atoms with E-state index in [0.717, 1.165) is 24.2 Å². The molecule has 0 bridgehead atoms. The van der Waals surface area contributed by atoms with Crippen molar-refractivity contribution in [3.63, 3.8) is 0 Å². The third kappa shape index (κ3) is 1.90. The fourth-order valence-corrected chi connectivity index (χ4v) is 3.31. The maximum atomic E-state index is 12.2. The Bertz CT molecular complexity index is 614. The van der Waals surface area contributed by atoms with E-state index in [9.17, 15) is 4.79 Å². The number of methoxy groups -OCH3 is 2. The number of nitrogens with zero attached hydrogens (tertiary/aromatic N) is 2. The number of nitrogens with two attached hydrogens (primary N) is 1. The number of fused-ring (bicyclic) bond motifs is 2. The maximum Gasteiger partial charge on any atom is 0.346 e. The zero-order valence-electron chi connectivity index (χ0n) is 12.3. The van der Waals surface area contributed by atoms with Crippen LogP contribution in [0.3, 0.4) is 0 Å². The lowest BCUT2D eigenvalue weighted by Gasteiger charge is -2.35. The quantitative estimate of drug-likeness (QED) is 0.905. The molecule has 112 valence electrons. The summed E-state index contributed by atoms with van der Waals surface area (Å²) in [5.41, 5.74) is 7.71. The molecule has 1 unspecified atom stereocenters. The summed E-state index contributed by atoms with van der Waals surface area (Å²) in [4.78, 5) is 17.9. The lowest BCUT2D eigenvalue weighted by molar-refractivity contribution is 0.122. The van der Waals surface area contributed by atoms with Crippen LogP contribution in [0.1, 0.15) is 17.5 Å². The number of aliphatic imine (C=N–C) groups is 1. The van der Waals surface area contributed by atoms with Gasteiger partial charge in [0, 0.05) is 13.7 Å². The highest BCUT2D eigenvalue weighted by molar-refractivity contribution is 6.07. The molecular formula is C15H19N3O3. The van der Waals surface area contributed by atoms with Crippen LogP contribution >= 0.6 is 0 Å². The van der Waals surface area contributed by atoms with E-state index in [1.807, 2.05) is 18.2 Å². The second-order valence-electron chi connectivity index (χ2n) is 5.31. The summed E-state index contributed by atoms with van der Waals surface area (Å²) < 4.78 is 10.4. The van der Waals surface area contributed by atoms with Crippen LogP contribution in [0.4, 0.5) is 4.79 Å². The number of carbonyl (C=O) groups excluding carboxylic acids is 1. The van der Waals surface area contributed by atoms with Crippen LogP contribution in [0.2, 0.25) is 0 Å². The molecule has 1 aromatic rings. The number of rotatable bonds is 4. The Hall–Kier alpha value is -2.08. The molecule has 1 heterocycles. The molecule has 0 aromatic heterocycles. The second-order valence-corrected chi connectivity index (χ2v) is 5.31. The van der Waals surface area contributed by atoms with Gasteiger partial charge in [0.05, 0.1) is 13.7 Å².